The van der Waals surface area contributed by atoms with Crippen molar-refractivity contribution >= 4 is 17.5 Å². The van der Waals surface area contributed by atoms with E-state index in [9.17, 15) is 14.0 Å². The molecule has 8 heteroatoms. The monoisotopic (exact) mass is 381 g/mol. The Morgan fingerprint density at radius 3 is 2.36 bits per heavy atom. The van der Waals surface area contributed by atoms with Gasteiger partial charge in [0.15, 0.2) is 0 Å². The highest BCUT2D eigenvalue weighted by Crippen LogP contribution is 2.13. The van der Waals surface area contributed by atoms with Crippen molar-refractivity contribution in [1.29, 1.82) is 0 Å². The summed E-state index contributed by atoms with van der Waals surface area (Å²) in [5.41, 5.74) is 1.64. The van der Waals surface area contributed by atoms with Gasteiger partial charge in [-0.2, -0.15) is 0 Å². The van der Waals surface area contributed by atoms with E-state index < -0.39 is 5.91 Å². The van der Waals surface area contributed by atoms with Gasteiger partial charge in [0, 0.05) is 17.8 Å². The Kier molecular flexibility index (Phi) is 5.78. The summed E-state index contributed by atoms with van der Waals surface area (Å²) in [6.45, 7) is 4.29. The van der Waals surface area contributed by atoms with Crippen LogP contribution in [0.3, 0.4) is 0 Å². The van der Waals surface area contributed by atoms with Crippen LogP contribution in [0.2, 0.25) is 0 Å². The van der Waals surface area contributed by atoms with Crippen LogP contribution in [0.25, 0.3) is 5.69 Å². The van der Waals surface area contributed by atoms with Crippen LogP contribution in [-0.2, 0) is 0 Å². The number of hydrogen-bond donors (Lipinski definition) is 2. The van der Waals surface area contributed by atoms with Gasteiger partial charge in [0.25, 0.3) is 11.8 Å². The van der Waals surface area contributed by atoms with Gasteiger partial charge in [-0.25, -0.2) is 14.1 Å². The Labute approximate surface area is 161 Å². The van der Waals surface area contributed by atoms with Crippen LogP contribution in [0.4, 0.5) is 10.1 Å². The molecule has 1 heterocycles. The largest absolute Gasteiger partial charge is 0.352 e. The minimum atomic E-state index is -0.479. The highest BCUT2D eigenvalue weighted by molar-refractivity contribution is 6.02. The molecule has 2 amide bonds. The summed E-state index contributed by atoms with van der Waals surface area (Å²) >= 11 is 0. The summed E-state index contributed by atoms with van der Waals surface area (Å²) in [4.78, 5) is 28.5. The molecule has 28 heavy (non-hydrogen) atoms. The predicted octanol–water partition coefficient (Wildman–Crippen LogP) is 3.11. The molecule has 144 valence electrons. The number of hydrogen-bond acceptors (Lipinski definition) is 4. The van der Waals surface area contributed by atoms with Crippen molar-refractivity contribution in [3.05, 3.63) is 71.6 Å². The maximum Gasteiger partial charge on any atom is 0.295 e. The zero-order chi connectivity index (χ0) is 20.1. The van der Waals surface area contributed by atoms with Gasteiger partial charge in [-0.15, -0.1) is 5.10 Å². The van der Waals surface area contributed by atoms with Crippen LogP contribution in [0, 0.1) is 12.7 Å². The van der Waals surface area contributed by atoms with Crippen LogP contribution < -0.4 is 10.6 Å². The van der Waals surface area contributed by atoms with E-state index in [0.717, 1.165) is 6.42 Å². The number of nitrogens with zero attached hydrogens (tertiary/aromatic N) is 3. The third kappa shape index (κ3) is 4.40. The first-order valence-corrected chi connectivity index (χ1v) is 8.87. The fraction of sp³-hybridized carbons (Fsp3) is 0.200. The number of carbonyl (C=O) groups excluding carboxylic acids is 2. The smallest absolute Gasteiger partial charge is 0.295 e. The van der Waals surface area contributed by atoms with E-state index in [1.165, 1.54) is 16.8 Å². The van der Waals surface area contributed by atoms with Crippen molar-refractivity contribution in [2.75, 3.05) is 11.9 Å². The normalized spacial score (nSPS) is 10.5. The number of benzene rings is 2. The van der Waals surface area contributed by atoms with E-state index >= 15 is 0 Å². The number of aromatic nitrogens is 3. The maximum atomic E-state index is 13.1. The second-order valence-electron chi connectivity index (χ2n) is 6.16. The van der Waals surface area contributed by atoms with Gasteiger partial charge in [0.1, 0.15) is 11.6 Å². The van der Waals surface area contributed by atoms with Crippen molar-refractivity contribution in [2.45, 2.75) is 20.3 Å². The van der Waals surface area contributed by atoms with Gasteiger partial charge in [-0.3, -0.25) is 9.59 Å². The first-order chi connectivity index (χ1) is 13.5. The molecule has 3 aromatic rings. The van der Waals surface area contributed by atoms with Crippen LogP contribution in [0.15, 0.2) is 48.5 Å². The Morgan fingerprint density at radius 1 is 1.04 bits per heavy atom. The number of amides is 2. The molecule has 0 atom stereocenters. The Bertz CT molecular complexity index is 981. The highest BCUT2D eigenvalue weighted by Gasteiger charge is 2.16. The quantitative estimate of drug-likeness (QED) is 0.687. The van der Waals surface area contributed by atoms with E-state index in [1.54, 1.807) is 43.3 Å². The zero-order valence-electron chi connectivity index (χ0n) is 15.6. The minimum absolute atomic E-state index is 0.00779. The van der Waals surface area contributed by atoms with E-state index in [1.807, 2.05) is 6.92 Å². The van der Waals surface area contributed by atoms with Crippen molar-refractivity contribution in [3.8, 4) is 5.69 Å². The van der Waals surface area contributed by atoms with Gasteiger partial charge in [-0.05, 0) is 61.9 Å². The van der Waals surface area contributed by atoms with Gasteiger partial charge >= 0.3 is 0 Å². The van der Waals surface area contributed by atoms with E-state index in [2.05, 4.69) is 20.7 Å². The summed E-state index contributed by atoms with van der Waals surface area (Å²) in [5.74, 6) is -0.500. The van der Waals surface area contributed by atoms with Crippen molar-refractivity contribution in [1.82, 2.24) is 20.1 Å². The molecule has 0 spiro atoms. The van der Waals surface area contributed by atoms with Gasteiger partial charge < -0.3 is 10.6 Å². The van der Waals surface area contributed by atoms with Gasteiger partial charge in [-0.1, -0.05) is 6.92 Å². The lowest BCUT2D eigenvalue weighted by Gasteiger charge is -2.06. The summed E-state index contributed by atoms with van der Waals surface area (Å²) in [6.07, 6.45) is 0.858. The second kappa shape index (κ2) is 8.43. The summed E-state index contributed by atoms with van der Waals surface area (Å²) in [7, 11) is 0. The fourth-order valence-corrected chi connectivity index (χ4v) is 2.55. The van der Waals surface area contributed by atoms with E-state index in [-0.39, 0.29) is 17.5 Å². The molecule has 2 aromatic carbocycles. The number of carbonyl (C=O) groups is 2. The summed E-state index contributed by atoms with van der Waals surface area (Å²) in [6, 6.07) is 12.3. The third-order valence-corrected chi connectivity index (χ3v) is 3.98. The summed E-state index contributed by atoms with van der Waals surface area (Å²) in [5, 5.41) is 9.68. The van der Waals surface area contributed by atoms with Crippen molar-refractivity contribution < 1.29 is 14.0 Å². The average Bonchev–Trinajstić information content (AvgIpc) is 3.09. The standard InChI is InChI=1S/C20H20FN5O2/c1-3-12-22-19(27)14-4-8-16(9-5-14)24-20(28)18-23-13(2)26(25-18)17-10-6-15(21)7-11-17/h4-11H,3,12H2,1-2H3,(H,22,27)(H,24,28). The number of halogens is 1. The first kappa shape index (κ1) is 19.2. The molecule has 0 saturated carbocycles. The Balaban J connectivity index is 1.70. The zero-order valence-corrected chi connectivity index (χ0v) is 15.6. The Hall–Kier alpha value is -3.55. The number of nitrogens with one attached hydrogen (secondary N) is 2. The maximum absolute atomic E-state index is 13.1. The number of anilines is 1. The number of rotatable bonds is 6. The molecule has 0 aliphatic rings. The molecule has 0 aliphatic carbocycles. The van der Waals surface area contributed by atoms with E-state index in [0.29, 0.717) is 29.3 Å². The third-order valence-electron chi connectivity index (χ3n) is 3.98. The average molecular weight is 381 g/mol. The topological polar surface area (TPSA) is 88.9 Å². The molecule has 0 bridgehead atoms. The SMILES string of the molecule is CCCNC(=O)c1ccc(NC(=O)c2nc(C)n(-c3ccc(F)cc3)n2)cc1. The van der Waals surface area contributed by atoms with E-state index in [4.69, 9.17) is 0 Å². The van der Waals surface area contributed by atoms with Gasteiger partial charge in [0.05, 0.1) is 5.69 Å². The molecule has 0 aliphatic heterocycles. The van der Waals surface area contributed by atoms with Crippen LogP contribution >= 0.6 is 0 Å². The van der Waals surface area contributed by atoms with Crippen LogP contribution in [-0.4, -0.2) is 33.1 Å². The molecule has 0 unspecified atom stereocenters. The van der Waals surface area contributed by atoms with Crippen molar-refractivity contribution in [2.24, 2.45) is 0 Å². The van der Waals surface area contributed by atoms with Crippen molar-refractivity contribution in [3.63, 3.8) is 0 Å². The second-order valence-corrected chi connectivity index (χ2v) is 6.16. The highest BCUT2D eigenvalue weighted by atomic mass is 19.1. The lowest BCUT2D eigenvalue weighted by molar-refractivity contribution is 0.0953. The minimum Gasteiger partial charge on any atom is -0.352 e. The van der Waals surface area contributed by atoms with Gasteiger partial charge in [0.2, 0.25) is 5.82 Å². The molecule has 7 nitrogen and oxygen atoms in total. The lowest BCUT2D eigenvalue weighted by Crippen LogP contribution is -2.23. The summed E-state index contributed by atoms with van der Waals surface area (Å²) < 4.78 is 14.6. The van der Waals surface area contributed by atoms with Crippen LogP contribution in [0.5, 0.6) is 0 Å². The first-order valence-electron chi connectivity index (χ1n) is 8.87. The molecular weight excluding hydrogens is 361 g/mol. The molecule has 1 aromatic heterocycles. The molecule has 2 N–H and O–H groups in total. The lowest BCUT2D eigenvalue weighted by atomic mass is 10.2. The predicted molar refractivity (Wildman–Crippen MR) is 103 cm³/mol. The molecule has 0 saturated heterocycles. The molecule has 0 radical (unpaired) electrons. The molecular formula is C20H20FN5O2. The van der Waals surface area contributed by atoms with Crippen LogP contribution in [0.1, 0.15) is 40.1 Å². The fourth-order valence-electron chi connectivity index (χ4n) is 2.55. The number of aryl methyl sites for hydroxylation is 1. The molecule has 3 rings (SSSR count). The molecule has 0 fully saturated rings. The Morgan fingerprint density at radius 2 is 1.71 bits per heavy atom.